The van der Waals surface area contributed by atoms with Crippen LogP contribution >= 0.6 is 0 Å². The summed E-state index contributed by atoms with van der Waals surface area (Å²) < 4.78 is 0. The Kier molecular flexibility index (Phi) is 5.05. The second kappa shape index (κ2) is 6.36. The van der Waals surface area contributed by atoms with Crippen molar-refractivity contribution in [1.82, 2.24) is 10.2 Å². The quantitative estimate of drug-likeness (QED) is 0.759. The molecule has 4 atom stereocenters. The van der Waals surface area contributed by atoms with Gasteiger partial charge in [0.15, 0.2) is 0 Å². The third-order valence-electron chi connectivity index (χ3n) is 4.75. The van der Waals surface area contributed by atoms with Crippen LogP contribution in [0.3, 0.4) is 0 Å². The fourth-order valence-corrected chi connectivity index (χ4v) is 3.26. The molecule has 0 bridgehead atoms. The Morgan fingerprint density at radius 2 is 2.00 bits per heavy atom. The van der Waals surface area contributed by atoms with Gasteiger partial charge in [-0.1, -0.05) is 13.8 Å². The van der Waals surface area contributed by atoms with Gasteiger partial charge in [0.25, 0.3) is 0 Å². The van der Waals surface area contributed by atoms with Crippen molar-refractivity contribution >= 4 is 0 Å². The first-order chi connectivity index (χ1) is 8.60. The van der Waals surface area contributed by atoms with Crippen molar-refractivity contribution in [2.45, 2.75) is 64.6 Å². The summed E-state index contributed by atoms with van der Waals surface area (Å²) in [6.45, 7) is 9.73. The lowest BCUT2D eigenvalue weighted by Gasteiger charge is -2.41. The number of piperidine rings is 1. The average Bonchev–Trinajstić information content (AvgIpc) is 3.13. The maximum atomic E-state index is 9.42. The van der Waals surface area contributed by atoms with Crippen LogP contribution in [0.15, 0.2) is 0 Å². The SMILES string of the molecule is CC1CC(C)C(C)N(CCC(CO)NC2CC2)C1. The van der Waals surface area contributed by atoms with E-state index in [9.17, 15) is 5.11 Å². The summed E-state index contributed by atoms with van der Waals surface area (Å²) in [6, 6.07) is 1.69. The van der Waals surface area contributed by atoms with E-state index in [4.69, 9.17) is 0 Å². The fourth-order valence-electron chi connectivity index (χ4n) is 3.26. The Morgan fingerprint density at radius 3 is 2.61 bits per heavy atom. The van der Waals surface area contributed by atoms with Crippen molar-refractivity contribution in [3.8, 4) is 0 Å². The smallest absolute Gasteiger partial charge is 0.0585 e. The number of rotatable bonds is 6. The van der Waals surface area contributed by atoms with Crippen LogP contribution in [0, 0.1) is 11.8 Å². The summed E-state index contributed by atoms with van der Waals surface area (Å²) in [7, 11) is 0. The summed E-state index contributed by atoms with van der Waals surface area (Å²) in [5, 5.41) is 13.0. The second-order valence-corrected chi connectivity index (χ2v) is 6.66. The monoisotopic (exact) mass is 254 g/mol. The predicted octanol–water partition coefficient (Wildman–Crippen LogP) is 1.86. The lowest BCUT2D eigenvalue weighted by Crippen LogP contribution is -2.47. The lowest BCUT2D eigenvalue weighted by molar-refractivity contribution is 0.0728. The number of hydrogen-bond donors (Lipinski definition) is 2. The minimum absolute atomic E-state index is 0.282. The van der Waals surface area contributed by atoms with E-state index in [1.165, 1.54) is 25.8 Å². The van der Waals surface area contributed by atoms with Crippen LogP contribution in [0.2, 0.25) is 0 Å². The number of aliphatic hydroxyl groups excluding tert-OH is 1. The van der Waals surface area contributed by atoms with Crippen molar-refractivity contribution < 1.29 is 5.11 Å². The first kappa shape index (κ1) is 14.3. The molecule has 1 aliphatic carbocycles. The largest absolute Gasteiger partial charge is 0.395 e. The molecule has 4 unspecified atom stereocenters. The molecule has 1 saturated heterocycles. The van der Waals surface area contributed by atoms with Gasteiger partial charge < -0.3 is 15.3 Å². The van der Waals surface area contributed by atoms with E-state index in [1.807, 2.05) is 0 Å². The highest BCUT2D eigenvalue weighted by Gasteiger charge is 2.29. The number of nitrogens with zero attached hydrogens (tertiary/aromatic N) is 1. The Bertz CT molecular complexity index is 255. The van der Waals surface area contributed by atoms with Crippen LogP contribution in [0.5, 0.6) is 0 Å². The molecule has 0 aromatic carbocycles. The Balaban J connectivity index is 1.76. The van der Waals surface area contributed by atoms with Crippen LogP contribution < -0.4 is 5.32 Å². The highest BCUT2D eigenvalue weighted by atomic mass is 16.3. The van der Waals surface area contributed by atoms with E-state index in [-0.39, 0.29) is 6.61 Å². The molecule has 1 heterocycles. The van der Waals surface area contributed by atoms with E-state index in [2.05, 4.69) is 31.0 Å². The van der Waals surface area contributed by atoms with E-state index < -0.39 is 0 Å². The maximum Gasteiger partial charge on any atom is 0.0585 e. The summed E-state index contributed by atoms with van der Waals surface area (Å²) >= 11 is 0. The van der Waals surface area contributed by atoms with Gasteiger partial charge in [-0.3, -0.25) is 0 Å². The molecule has 0 spiro atoms. The topological polar surface area (TPSA) is 35.5 Å². The minimum Gasteiger partial charge on any atom is -0.395 e. The molecule has 1 aliphatic heterocycles. The molecule has 1 saturated carbocycles. The normalized spacial score (nSPS) is 35.7. The third-order valence-corrected chi connectivity index (χ3v) is 4.75. The maximum absolute atomic E-state index is 9.42. The van der Waals surface area contributed by atoms with Crippen LogP contribution in [0.4, 0.5) is 0 Å². The summed E-state index contributed by atoms with van der Waals surface area (Å²) in [5.41, 5.74) is 0. The molecular weight excluding hydrogens is 224 g/mol. The van der Waals surface area contributed by atoms with Gasteiger partial charge >= 0.3 is 0 Å². The molecule has 3 nitrogen and oxygen atoms in total. The standard InChI is InChI=1S/C15H30N2O/c1-11-8-12(2)13(3)17(9-11)7-6-15(10-18)16-14-4-5-14/h11-16,18H,4-10H2,1-3H3. The van der Waals surface area contributed by atoms with Crippen molar-refractivity contribution in [1.29, 1.82) is 0 Å². The van der Waals surface area contributed by atoms with E-state index in [0.29, 0.717) is 18.1 Å². The molecule has 18 heavy (non-hydrogen) atoms. The van der Waals surface area contributed by atoms with Gasteiger partial charge in [-0.25, -0.2) is 0 Å². The molecule has 0 aromatic heterocycles. The van der Waals surface area contributed by atoms with Crippen LogP contribution in [-0.4, -0.2) is 47.8 Å². The molecule has 0 amide bonds. The van der Waals surface area contributed by atoms with Gasteiger partial charge in [-0.05, 0) is 44.4 Å². The van der Waals surface area contributed by atoms with E-state index in [0.717, 1.165) is 24.8 Å². The first-order valence-electron chi connectivity index (χ1n) is 7.71. The Hall–Kier alpha value is -0.120. The fraction of sp³-hybridized carbons (Fsp3) is 1.00. The molecule has 2 fully saturated rings. The van der Waals surface area contributed by atoms with Crippen molar-refractivity contribution in [3.05, 3.63) is 0 Å². The zero-order valence-corrected chi connectivity index (χ0v) is 12.2. The van der Waals surface area contributed by atoms with Gasteiger partial charge in [0, 0.05) is 31.2 Å². The Labute approximate surface area is 112 Å². The van der Waals surface area contributed by atoms with Gasteiger partial charge in [0.2, 0.25) is 0 Å². The molecule has 2 aliphatic rings. The molecular formula is C15H30N2O. The molecule has 0 aromatic rings. The second-order valence-electron chi connectivity index (χ2n) is 6.66. The summed E-state index contributed by atoms with van der Waals surface area (Å²) in [6.07, 6.45) is 5.04. The van der Waals surface area contributed by atoms with Gasteiger partial charge in [-0.15, -0.1) is 0 Å². The van der Waals surface area contributed by atoms with E-state index >= 15 is 0 Å². The number of hydrogen-bond acceptors (Lipinski definition) is 3. The van der Waals surface area contributed by atoms with Gasteiger partial charge in [0.05, 0.1) is 6.61 Å². The first-order valence-corrected chi connectivity index (χ1v) is 7.71. The van der Waals surface area contributed by atoms with Gasteiger partial charge in [-0.2, -0.15) is 0 Å². The minimum atomic E-state index is 0.282. The summed E-state index contributed by atoms with van der Waals surface area (Å²) in [4.78, 5) is 2.62. The van der Waals surface area contributed by atoms with Gasteiger partial charge in [0.1, 0.15) is 0 Å². The van der Waals surface area contributed by atoms with Crippen LogP contribution in [0.1, 0.15) is 46.5 Å². The lowest BCUT2D eigenvalue weighted by atomic mass is 9.86. The van der Waals surface area contributed by atoms with E-state index in [1.54, 1.807) is 0 Å². The highest BCUT2D eigenvalue weighted by molar-refractivity contribution is 4.86. The van der Waals surface area contributed by atoms with Crippen molar-refractivity contribution in [2.24, 2.45) is 11.8 Å². The number of nitrogens with one attached hydrogen (secondary N) is 1. The average molecular weight is 254 g/mol. The predicted molar refractivity (Wildman–Crippen MR) is 75.6 cm³/mol. The van der Waals surface area contributed by atoms with Crippen LogP contribution in [0.25, 0.3) is 0 Å². The number of likely N-dealkylation sites (tertiary alicyclic amines) is 1. The van der Waals surface area contributed by atoms with Crippen molar-refractivity contribution in [2.75, 3.05) is 19.7 Å². The third kappa shape index (κ3) is 3.94. The molecule has 2 N–H and O–H groups in total. The number of aliphatic hydroxyl groups is 1. The van der Waals surface area contributed by atoms with Crippen LogP contribution in [-0.2, 0) is 0 Å². The molecule has 106 valence electrons. The summed E-state index contributed by atoms with van der Waals surface area (Å²) in [5.74, 6) is 1.62. The zero-order valence-electron chi connectivity index (χ0n) is 12.2. The highest BCUT2D eigenvalue weighted by Crippen LogP contribution is 2.27. The molecule has 0 radical (unpaired) electrons. The zero-order chi connectivity index (χ0) is 13.1. The molecule has 3 heteroatoms. The molecule has 2 rings (SSSR count). The Morgan fingerprint density at radius 1 is 1.28 bits per heavy atom. The van der Waals surface area contributed by atoms with Crippen molar-refractivity contribution in [3.63, 3.8) is 0 Å².